The highest BCUT2D eigenvalue weighted by Gasteiger charge is 2.51. The van der Waals surface area contributed by atoms with E-state index in [-0.39, 0.29) is 11.1 Å². The summed E-state index contributed by atoms with van der Waals surface area (Å²) in [5, 5.41) is 2.33. The van der Waals surface area contributed by atoms with Gasteiger partial charge in [-0.3, -0.25) is 19.3 Å². The molecular formula is C12H9FN2O3. The lowest BCUT2D eigenvalue weighted by atomic mass is 9.98. The summed E-state index contributed by atoms with van der Waals surface area (Å²) in [7, 11) is 0. The van der Waals surface area contributed by atoms with E-state index in [9.17, 15) is 18.8 Å². The fourth-order valence-electron chi connectivity index (χ4n) is 2.31. The number of fused-ring (bicyclic) bond motifs is 1. The molecule has 2 aliphatic heterocycles. The first-order valence-electron chi connectivity index (χ1n) is 5.48. The van der Waals surface area contributed by atoms with Crippen LogP contribution < -0.4 is 5.32 Å². The first-order valence-corrected chi connectivity index (χ1v) is 5.48. The van der Waals surface area contributed by atoms with Gasteiger partial charge in [-0.1, -0.05) is 12.1 Å². The zero-order chi connectivity index (χ0) is 12.9. The number of carbonyl (C=O) groups excluding carboxylic acids is 3. The highest BCUT2D eigenvalue weighted by Crippen LogP contribution is 2.28. The van der Waals surface area contributed by atoms with Gasteiger partial charge in [0, 0.05) is 0 Å². The molecule has 0 spiro atoms. The Hall–Kier alpha value is -2.24. The second-order valence-electron chi connectivity index (χ2n) is 4.24. The quantitative estimate of drug-likeness (QED) is 0.597. The first-order chi connectivity index (χ1) is 8.65. The molecule has 1 fully saturated rings. The van der Waals surface area contributed by atoms with Gasteiger partial charge >= 0.3 is 0 Å². The molecule has 0 aromatic heterocycles. The molecule has 0 bridgehead atoms. The second kappa shape index (κ2) is 3.63. The summed E-state index contributed by atoms with van der Waals surface area (Å²) < 4.78 is 12.6. The number of β-lactam (4-membered cyclic amide) rings is 1. The average molecular weight is 248 g/mol. The Morgan fingerprint density at radius 2 is 1.67 bits per heavy atom. The van der Waals surface area contributed by atoms with Crippen LogP contribution in [0.2, 0.25) is 0 Å². The van der Waals surface area contributed by atoms with Crippen molar-refractivity contribution in [2.45, 2.75) is 12.1 Å². The molecule has 5 nitrogen and oxygen atoms in total. The standard InChI is InChI=1S/C12H9FN2O3/c13-5-8-9(10(16)14-8)15-11(17)6-3-1-2-4-7(6)12(15)18/h1-4,8-9H,5H2,(H,14,16)/t8-,9+/m1/s1. The van der Waals surface area contributed by atoms with E-state index in [1.165, 1.54) is 12.1 Å². The fourth-order valence-corrected chi connectivity index (χ4v) is 2.31. The van der Waals surface area contributed by atoms with Crippen molar-refractivity contribution in [1.29, 1.82) is 0 Å². The molecule has 3 amide bonds. The maximum Gasteiger partial charge on any atom is 0.262 e. The third-order valence-corrected chi connectivity index (χ3v) is 3.25. The maximum absolute atomic E-state index is 12.6. The molecule has 1 N–H and O–H groups in total. The SMILES string of the molecule is O=C1N[C@H](CF)[C@@H]1N1C(=O)c2ccccc2C1=O. The maximum atomic E-state index is 12.6. The summed E-state index contributed by atoms with van der Waals surface area (Å²) in [5.74, 6) is -1.56. The smallest absolute Gasteiger partial charge is 0.262 e. The summed E-state index contributed by atoms with van der Waals surface area (Å²) in [4.78, 5) is 36.4. The number of nitrogens with zero attached hydrogens (tertiary/aromatic N) is 1. The molecule has 0 saturated carbocycles. The average Bonchev–Trinajstić information content (AvgIpc) is 2.62. The van der Waals surface area contributed by atoms with Crippen LogP contribution in [0.25, 0.3) is 0 Å². The molecule has 6 heteroatoms. The number of benzene rings is 1. The predicted octanol–water partition coefficient (Wildman–Crippen LogP) is 0.119. The van der Waals surface area contributed by atoms with E-state index in [0.717, 1.165) is 4.90 Å². The summed E-state index contributed by atoms with van der Waals surface area (Å²) >= 11 is 0. The van der Waals surface area contributed by atoms with E-state index in [1.54, 1.807) is 12.1 Å². The number of hydrogen-bond acceptors (Lipinski definition) is 3. The number of amides is 3. The molecule has 1 aromatic carbocycles. The molecule has 1 saturated heterocycles. The molecule has 0 aliphatic carbocycles. The van der Waals surface area contributed by atoms with Crippen molar-refractivity contribution >= 4 is 17.7 Å². The van der Waals surface area contributed by atoms with Crippen LogP contribution >= 0.6 is 0 Å². The highest BCUT2D eigenvalue weighted by atomic mass is 19.1. The Bertz CT molecular complexity index is 537. The lowest BCUT2D eigenvalue weighted by Gasteiger charge is -2.39. The zero-order valence-electron chi connectivity index (χ0n) is 9.22. The van der Waals surface area contributed by atoms with E-state index >= 15 is 0 Å². The van der Waals surface area contributed by atoms with Crippen LogP contribution in [0.15, 0.2) is 24.3 Å². The van der Waals surface area contributed by atoms with Gasteiger partial charge in [-0.25, -0.2) is 4.39 Å². The zero-order valence-corrected chi connectivity index (χ0v) is 9.22. The summed E-state index contributed by atoms with van der Waals surface area (Å²) in [6.45, 7) is -0.802. The van der Waals surface area contributed by atoms with Crippen LogP contribution in [-0.4, -0.2) is 41.4 Å². The van der Waals surface area contributed by atoms with Crippen LogP contribution in [0.5, 0.6) is 0 Å². The second-order valence-corrected chi connectivity index (χ2v) is 4.24. The van der Waals surface area contributed by atoms with E-state index < -0.39 is 36.5 Å². The minimum absolute atomic E-state index is 0.264. The van der Waals surface area contributed by atoms with Crippen molar-refractivity contribution in [3.05, 3.63) is 35.4 Å². The van der Waals surface area contributed by atoms with Crippen molar-refractivity contribution in [1.82, 2.24) is 10.2 Å². The molecule has 18 heavy (non-hydrogen) atoms. The number of rotatable bonds is 2. The van der Waals surface area contributed by atoms with Gasteiger partial charge in [0.15, 0.2) is 0 Å². The van der Waals surface area contributed by atoms with Gasteiger partial charge in [-0.05, 0) is 12.1 Å². The van der Waals surface area contributed by atoms with E-state index in [1.807, 2.05) is 0 Å². The fraction of sp³-hybridized carbons (Fsp3) is 0.250. The van der Waals surface area contributed by atoms with Crippen molar-refractivity contribution < 1.29 is 18.8 Å². The van der Waals surface area contributed by atoms with Gasteiger partial charge in [-0.2, -0.15) is 0 Å². The monoisotopic (exact) mass is 248 g/mol. The molecule has 2 atom stereocenters. The van der Waals surface area contributed by atoms with Crippen LogP contribution in [-0.2, 0) is 4.79 Å². The van der Waals surface area contributed by atoms with Crippen LogP contribution in [0.3, 0.4) is 0 Å². The predicted molar refractivity (Wildman–Crippen MR) is 58.6 cm³/mol. The van der Waals surface area contributed by atoms with Gasteiger partial charge in [-0.15, -0.1) is 0 Å². The van der Waals surface area contributed by atoms with Crippen molar-refractivity contribution in [3.8, 4) is 0 Å². The Balaban J connectivity index is 2.00. The van der Waals surface area contributed by atoms with Gasteiger partial charge in [0.25, 0.3) is 11.8 Å². The van der Waals surface area contributed by atoms with Crippen molar-refractivity contribution in [2.24, 2.45) is 0 Å². The topological polar surface area (TPSA) is 66.5 Å². The normalized spacial score (nSPS) is 25.8. The lowest BCUT2D eigenvalue weighted by molar-refractivity contribution is -0.135. The Labute approximate surface area is 102 Å². The molecule has 1 aromatic rings. The Morgan fingerprint density at radius 1 is 1.11 bits per heavy atom. The highest BCUT2D eigenvalue weighted by molar-refractivity contribution is 6.23. The molecule has 2 aliphatic rings. The number of carbonyl (C=O) groups is 3. The summed E-state index contributed by atoms with van der Waals surface area (Å²) in [5.41, 5.74) is 0.527. The number of nitrogens with one attached hydrogen (secondary N) is 1. The molecule has 92 valence electrons. The minimum atomic E-state index is -1.03. The van der Waals surface area contributed by atoms with Crippen LogP contribution in [0, 0.1) is 0 Å². The summed E-state index contributed by atoms with van der Waals surface area (Å²) in [6, 6.07) is 4.51. The Morgan fingerprint density at radius 3 is 2.11 bits per heavy atom. The lowest BCUT2D eigenvalue weighted by Crippen LogP contribution is -2.70. The molecule has 0 radical (unpaired) electrons. The third-order valence-electron chi connectivity index (χ3n) is 3.25. The molecule has 3 rings (SSSR count). The van der Waals surface area contributed by atoms with Gasteiger partial charge in [0.1, 0.15) is 12.7 Å². The molecule has 0 unspecified atom stereocenters. The number of hydrogen-bond donors (Lipinski definition) is 1. The van der Waals surface area contributed by atoms with E-state index in [4.69, 9.17) is 0 Å². The number of imide groups is 1. The molecule has 2 heterocycles. The Kier molecular flexibility index (Phi) is 2.19. The third kappa shape index (κ3) is 1.23. The van der Waals surface area contributed by atoms with E-state index in [2.05, 4.69) is 5.32 Å². The minimum Gasteiger partial charge on any atom is -0.346 e. The number of halogens is 1. The van der Waals surface area contributed by atoms with Crippen molar-refractivity contribution in [3.63, 3.8) is 0 Å². The van der Waals surface area contributed by atoms with Gasteiger partial charge in [0.05, 0.1) is 17.2 Å². The summed E-state index contributed by atoms with van der Waals surface area (Å²) in [6.07, 6.45) is 0. The van der Waals surface area contributed by atoms with Crippen molar-refractivity contribution in [2.75, 3.05) is 6.67 Å². The van der Waals surface area contributed by atoms with E-state index in [0.29, 0.717) is 0 Å². The van der Waals surface area contributed by atoms with Crippen LogP contribution in [0.4, 0.5) is 4.39 Å². The number of alkyl halides is 1. The largest absolute Gasteiger partial charge is 0.346 e. The van der Waals surface area contributed by atoms with Crippen LogP contribution in [0.1, 0.15) is 20.7 Å². The van der Waals surface area contributed by atoms with Gasteiger partial charge in [0.2, 0.25) is 5.91 Å². The first kappa shape index (κ1) is 10.9. The molecular weight excluding hydrogens is 239 g/mol. The van der Waals surface area contributed by atoms with Gasteiger partial charge < -0.3 is 5.32 Å².